The molecule has 0 aliphatic rings. The van der Waals surface area contributed by atoms with E-state index in [1.165, 1.54) is 11.3 Å². The molecule has 4 aromatic rings. The summed E-state index contributed by atoms with van der Waals surface area (Å²) in [6, 6.07) is 7.24. The van der Waals surface area contributed by atoms with Crippen LogP contribution in [0.15, 0.2) is 42.0 Å². The summed E-state index contributed by atoms with van der Waals surface area (Å²) in [7, 11) is 0. The quantitative estimate of drug-likeness (QED) is 0.487. The zero-order valence-electron chi connectivity index (χ0n) is 14.3. The number of ether oxygens (including phenoxy) is 1. The third-order valence-corrected chi connectivity index (χ3v) is 5.38. The van der Waals surface area contributed by atoms with E-state index in [9.17, 15) is 0 Å². The lowest BCUT2D eigenvalue weighted by Crippen LogP contribution is -2.15. The van der Waals surface area contributed by atoms with Gasteiger partial charge in [-0.2, -0.15) is 5.10 Å². The summed E-state index contributed by atoms with van der Waals surface area (Å²) in [5, 5.41) is 7.96. The molecule has 0 saturated carbocycles. The summed E-state index contributed by atoms with van der Waals surface area (Å²) in [4.78, 5) is 9.48. The van der Waals surface area contributed by atoms with Crippen molar-refractivity contribution in [2.45, 2.75) is 13.0 Å². The SMILES string of the molecule is CC(COc1cc(Cl)cc(Cl)c1-c1nc(N)nc2sccc12)n1cccn1. The van der Waals surface area contributed by atoms with E-state index >= 15 is 0 Å². The second-order valence-electron chi connectivity index (χ2n) is 5.98. The third kappa shape index (κ3) is 3.58. The van der Waals surface area contributed by atoms with E-state index in [0.717, 1.165) is 10.2 Å². The smallest absolute Gasteiger partial charge is 0.221 e. The molecule has 0 amide bonds. The van der Waals surface area contributed by atoms with Gasteiger partial charge in [0.1, 0.15) is 17.2 Å². The fraction of sp³-hybridized carbons (Fsp3) is 0.167. The number of fused-ring (bicyclic) bond motifs is 1. The highest BCUT2D eigenvalue weighted by Gasteiger charge is 2.19. The summed E-state index contributed by atoms with van der Waals surface area (Å²) in [5.41, 5.74) is 7.17. The molecule has 0 aliphatic heterocycles. The van der Waals surface area contributed by atoms with Crippen LogP contribution >= 0.6 is 34.5 Å². The second-order valence-corrected chi connectivity index (χ2v) is 7.71. The highest BCUT2D eigenvalue weighted by atomic mass is 35.5. The number of hydrogen-bond donors (Lipinski definition) is 1. The maximum atomic E-state index is 6.52. The minimum Gasteiger partial charge on any atom is -0.491 e. The van der Waals surface area contributed by atoms with Gasteiger partial charge in [-0.3, -0.25) is 4.68 Å². The maximum Gasteiger partial charge on any atom is 0.221 e. The Morgan fingerprint density at radius 2 is 2.15 bits per heavy atom. The molecule has 1 unspecified atom stereocenters. The van der Waals surface area contributed by atoms with E-state index in [0.29, 0.717) is 33.7 Å². The molecule has 3 aromatic heterocycles. The zero-order valence-corrected chi connectivity index (χ0v) is 16.6. The third-order valence-electron chi connectivity index (χ3n) is 4.05. The molecule has 27 heavy (non-hydrogen) atoms. The van der Waals surface area contributed by atoms with Crippen molar-refractivity contribution in [2.75, 3.05) is 12.3 Å². The van der Waals surface area contributed by atoms with Crippen LogP contribution in [0.3, 0.4) is 0 Å². The molecule has 1 aromatic carbocycles. The van der Waals surface area contributed by atoms with Crippen LogP contribution in [0, 0.1) is 0 Å². The van der Waals surface area contributed by atoms with Crippen LogP contribution < -0.4 is 10.5 Å². The Kier molecular flexibility index (Phi) is 4.90. The lowest BCUT2D eigenvalue weighted by atomic mass is 10.1. The van der Waals surface area contributed by atoms with Crippen molar-refractivity contribution in [3.63, 3.8) is 0 Å². The van der Waals surface area contributed by atoms with Gasteiger partial charge in [0.05, 0.1) is 22.3 Å². The largest absolute Gasteiger partial charge is 0.491 e. The van der Waals surface area contributed by atoms with Gasteiger partial charge in [-0.05, 0) is 36.6 Å². The Labute approximate surface area is 169 Å². The standard InChI is InChI=1S/C18H15Cl2N5OS/c1-10(25-5-2-4-22-25)9-26-14-8-11(19)7-13(20)15(14)16-12-3-6-27-17(12)24-18(21)23-16/h2-8,10H,9H2,1H3,(H2,21,23,24). The van der Waals surface area contributed by atoms with Gasteiger partial charge < -0.3 is 10.5 Å². The minimum absolute atomic E-state index is 0.0299. The minimum atomic E-state index is 0.0299. The van der Waals surface area contributed by atoms with E-state index in [4.69, 9.17) is 33.7 Å². The first kappa shape index (κ1) is 18.0. The van der Waals surface area contributed by atoms with Crippen molar-refractivity contribution in [3.8, 4) is 17.0 Å². The fourth-order valence-electron chi connectivity index (χ4n) is 2.78. The van der Waals surface area contributed by atoms with Crippen LogP contribution in [0.4, 0.5) is 5.95 Å². The molecule has 0 aliphatic carbocycles. The first-order valence-electron chi connectivity index (χ1n) is 8.15. The zero-order chi connectivity index (χ0) is 19.0. The summed E-state index contributed by atoms with van der Waals surface area (Å²) in [5.74, 6) is 0.721. The highest BCUT2D eigenvalue weighted by molar-refractivity contribution is 7.16. The maximum absolute atomic E-state index is 6.52. The van der Waals surface area contributed by atoms with Crippen molar-refractivity contribution in [3.05, 3.63) is 52.1 Å². The van der Waals surface area contributed by atoms with Crippen molar-refractivity contribution in [2.24, 2.45) is 0 Å². The first-order chi connectivity index (χ1) is 13.0. The molecule has 6 nitrogen and oxygen atoms in total. The van der Waals surface area contributed by atoms with Gasteiger partial charge in [0.2, 0.25) is 5.95 Å². The molecule has 9 heteroatoms. The van der Waals surface area contributed by atoms with E-state index in [1.807, 2.05) is 35.3 Å². The van der Waals surface area contributed by atoms with Gasteiger partial charge in [-0.1, -0.05) is 23.2 Å². The summed E-state index contributed by atoms with van der Waals surface area (Å²) in [6.45, 7) is 2.40. The number of benzene rings is 1. The molecule has 0 radical (unpaired) electrons. The molecular formula is C18H15Cl2N5OS. The van der Waals surface area contributed by atoms with Gasteiger partial charge in [-0.25, -0.2) is 9.97 Å². The van der Waals surface area contributed by atoms with Crippen molar-refractivity contribution in [1.82, 2.24) is 19.7 Å². The number of aromatic nitrogens is 4. The lowest BCUT2D eigenvalue weighted by molar-refractivity contribution is 0.252. The molecule has 1 atom stereocenters. The van der Waals surface area contributed by atoms with E-state index in [-0.39, 0.29) is 12.0 Å². The van der Waals surface area contributed by atoms with E-state index < -0.39 is 0 Å². The molecule has 0 bridgehead atoms. The van der Waals surface area contributed by atoms with Gasteiger partial charge in [0, 0.05) is 22.8 Å². The number of thiophene rings is 1. The number of nitrogens with zero attached hydrogens (tertiary/aromatic N) is 4. The average Bonchev–Trinajstić information content (AvgIpc) is 3.30. The van der Waals surface area contributed by atoms with Crippen LogP contribution in [-0.4, -0.2) is 26.4 Å². The molecule has 2 N–H and O–H groups in total. The Hall–Kier alpha value is -2.35. The lowest BCUT2D eigenvalue weighted by Gasteiger charge is -2.17. The predicted octanol–water partition coefficient (Wildman–Crippen LogP) is 5.08. The topological polar surface area (TPSA) is 78.9 Å². The molecule has 0 spiro atoms. The van der Waals surface area contributed by atoms with Crippen LogP contribution in [0.2, 0.25) is 10.0 Å². The Morgan fingerprint density at radius 1 is 1.30 bits per heavy atom. The summed E-state index contributed by atoms with van der Waals surface area (Å²) in [6.07, 6.45) is 3.62. The normalized spacial score (nSPS) is 12.4. The molecule has 0 fully saturated rings. The Bertz CT molecular complexity index is 1100. The average molecular weight is 420 g/mol. The van der Waals surface area contributed by atoms with Crippen molar-refractivity contribution < 1.29 is 4.74 Å². The number of hydrogen-bond acceptors (Lipinski definition) is 6. The van der Waals surface area contributed by atoms with Crippen LogP contribution in [0.25, 0.3) is 21.5 Å². The number of anilines is 1. The number of nitrogens with two attached hydrogens (primary N) is 1. The molecule has 3 heterocycles. The Balaban J connectivity index is 1.77. The van der Waals surface area contributed by atoms with Crippen LogP contribution in [0.5, 0.6) is 5.75 Å². The second kappa shape index (κ2) is 7.34. The summed E-state index contributed by atoms with van der Waals surface area (Å²) < 4.78 is 7.90. The fourth-order valence-corrected chi connectivity index (χ4v) is 4.12. The van der Waals surface area contributed by atoms with Gasteiger partial charge in [0.15, 0.2) is 0 Å². The molecule has 0 saturated heterocycles. The molecule has 4 rings (SSSR count). The van der Waals surface area contributed by atoms with Crippen LogP contribution in [-0.2, 0) is 0 Å². The predicted molar refractivity (Wildman–Crippen MR) is 110 cm³/mol. The monoisotopic (exact) mass is 419 g/mol. The summed E-state index contributed by atoms with van der Waals surface area (Å²) >= 11 is 14.2. The van der Waals surface area contributed by atoms with Crippen molar-refractivity contribution in [1.29, 1.82) is 0 Å². The number of rotatable bonds is 5. The van der Waals surface area contributed by atoms with Gasteiger partial charge in [-0.15, -0.1) is 11.3 Å². The van der Waals surface area contributed by atoms with Crippen molar-refractivity contribution >= 4 is 50.7 Å². The molecular weight excluding hydrogens is 405 g/mol. The number of halogens is 2. The first-order valence-corrected chi connectivity index (χ1v) is 9.78. The number of nitrogen functional groups attached to an aromatic ring is 1. The molecule has 138 valence electrons. The van der Waals surface area contributed by atoms with E-state index in [2.05, 4.69) is 15.1 Å². The van der Waals surface area contributed by atoms with Gasteiger partial charge >= 0.3 is 0 Å². The Morgan fingerprint density at radius 3 is 2.93 bits per heavy atom. The highest BCUT2D eigenvalue weighted by Crippen LogP contribution is 2.42. The van der Waals surface area contributed by atoms with Gasteiger partial charge in [0.25, 0.3) is 0 Å². The van der Waals surface area contributed by atoms with Crippen LogP contribution in [0.1, 0.15) is 13.0 Å². The van der Waals surface area contributed by atoms with E-state index in [1.54, 1.807) is 18.3 Å².